The standard InChI is InChI=1S/C16H19N3O4/c1-10(20)17-6-5-15-18-16(23-19-15)12-7-11-3-4-13(21-2)8-14(11)22-9-12/h3-4,8,12H,5-7,9H2,1-2H3,(H,17,20). The van der Waals surface area contributed by atoms with Crippen LogP contribution in [0.3, 0.4) is 0 Å². The second-order valence-corrected chi connectivity index (χ2v) is 5.47. The van der Waals surface area contributed by atoms with Crippen LogP contribution in [0.4, 0.5) is 0 Å². The van der Waals surface area contributed by atoms with Crippen molar-refractivity contribution in [2.75, 3.05) is 20.3 Å². The maximum atomic E-state index is 10.8. The van der Waals surface area contributed by atoms with Crippen LogP contribution >= 0.6 is 0 Å². The molecule has 3 rings (SSSR count). The lowest BCUT2D eigenvalue weighted by Crippen LogP contribution is -2.22. The normalized spacial score (nSPS) is 16.3. The van der Waals surface area contributed by atoms with Gasteiger partial charge in [0.15, 0.2) is 5.82 Å². The second-order valence-electron chi connectivity index (χ2n) is 5.47. The first-order valence-corrected chi connectivity index (χ1v) is 7.52. The summed E-state index contributed by atoms with van der Waals surface area (Å²) in [6.07, 6.45) is 1.33. The van der Waals surface area contributed by atoms with Crippen molar-refractivity contribution in [1.82, 2.24) is 15.5 Å². The van der Waals surface area contributed by atoms with E-state index in [1.54, 1.807) is 7.11 Å². The Bertz CT molecular complexity index is 698. The molecule has 2 aromatic rings. The van der Waals surface area contributed by atoms with Gasteiger partial charge in [-0.1, -0.05) is 11.2 Å². The summed E-state index contributed by atoms with van der Waals surface area (Å²) in [6, 6.07) is 5.80. The van der Waals surface area contributed by atoms with Crippen LogP contribution in [0, 0.1) is 0 Å². The molecule has 0 saturated carbocycles. The number of hydrogen-bond donors (Lipinski definition) is 1. The van der Waals surface area contributed by atoms with Crippen molar-refractivity contribution in [3.05, 3.63) is 35.5 Å². The molecule has 23 heavy (non-hydrogen) atoms. The number of aromatic nitrogens is 2. The van der Waals surface area contributed by atoms with Crippen molar-refractivity contribution >= 4 is 5.91 Å². The molecule has 0 spiro atoms. The molecule has 122 valence electrons. The van der Waals surface area contributed by atoms with E-state index in [0.29, 0.717) is 31.3 Å². The summed E-state index contributed by atoms with van der Waals surface area (Å²) in [5, 5.41) is 6.67. The van der Waals surface area contributed by atoms with Crippen LogP contribution in [-0.4, -0.2) is 36.3 Å². The fraction of sp³-hybridized carbons (Fsp3) is 0.438. The number of fused-ring (bicyclic) bond motifs is 1. The molecule has 1 aromatic carbocycles. The Kier molecular flexibility index (Phi) is 4.45. The molecular formula is C16H19N3O4. The fourth-order valence-electron chi connectivity index (χ4n) is 2.52. The van der Waals surface area contributed by atoms with Crippen molar-refractivity contribution in [2.24, 2.45) is 0 Å². The fourth-order valence-corrected chi connectivity index (χ4v) is 2.52. The number of nitrogens with one attached hydrogen (secondary N) is 1. The monoisotopic (exact) mass is 317 g/mol. The van der Waals surface area contributed by atoms with Gasteiger partial charge in [-0.2, -0.15) is 4.98 Å². The van der Waals surface area contributed by atoms with Crippen molar-refractivity contribution in [3.8, 4) is 11.5 Å². The Hall–Kier alpha value is -2.57. The third-order valence-corrected chi connectivity index (χ3v) is 3.74. The topological polar surface area (TPSA) is 86.5 Å². The second kappa shape index (κ2) is 6.68. The Balaban J connectivity index is 1.64. The highest BCUT2D eigenvalue weighted by Crippen LogP contribution is 2.34. The third-order valence-electron chi connectivity index (χ3n) is 3.74. The maximum Gasteiger partial charge on any atom is 0.233 e. The van der Waals surface area contributed by atoms with E-state index < -0.39 is 0 Å². The smallest absolute Gasteiger partial charge is 0.233 e. The maximum absolute atomic E-state index is 10.8. The predicted molar refractivity (Wildman–Crippen MR) is 81.6 cm³/mol. The Morgan fingerprint density at radius 1 is 1.48 bits per heavy atom. The van der Waals surface area contributed by atoms with Gasteiger partial charge in [-0.3, -0.25) is 4.79 Å². The van der Waals surface area contributed by atoms with E-state index in [2.05, 4.69) is 15.5 Å². The number of carbonyl (C=O) groups excluding carboxylic acids is 1. The molecule has 1 N–H and O–H groups in total. The summed E-state index contributed by atoms with van der Waals surface area (Å²) in [7, 11) is 1.63. The Labute approximate surface area is 134 Å². The number of ether oxygens (including phenoxy) is 2. The number of nitrogens with zero attached hydrogens (tertiary/aromatic N) is 2. The SMILES string of the molecule is COc1ccc2c(c1)OCC(c1nc(CCNC(C)=O)no1)C2. The molecule has 1 atom stereocenters. The highest BCUT2D eigenvalue weighted by Gasteiger charge is 2.26. The minimum Gasteiger partial charge on any atom is -0.497 e. The summed E-state index contributed by atoms with van der Waals surface area (Å²) < 4.78 is 16.3. The van der Waals surface area contributed by atoms with Gasteiger partial charge in [0.25, 0.3) is 0 Å². The minimum atomic E-state index is -0.0681. The van der Waals surface area contributed by atoms with Gasteiger partial charge >= 0.3 is 0 Å². The molecular weight excluding hydrogens is 298 g/mol. The molecule has 1 unspecified atom stereocenters. The van der Waals surface area contributed by atoms with Crippen LogP contribution in [0.15, 0.2) is 22.7 Å². The molecule has 7 heteroatoms. The zero-order chi connectivity index (χ0) is 16.2. The Morgan fingerprint density at radius 3 is 3.13 bits per heavy atom. The van der Waals surface area contributed by atoms with E-state index in [4.69, 9.17) is 14.0 Å². The van der Waals surface area contributed by atoms with Crippen LogP contribution in [0.5, 0.6) is 11.5 Å². The highest BCUT2D eigenvalue weighted by atomic mass is 16.5. The summed E-state index contributed by atoms with van der Waals surface area (Å²) in [6.45, 7) is 2.47. The average molecular weight is 317 g/mol. The van der Waals surface area contributed by atoms with Gasteiger partial charge in [-0.25, -0.2) is 0 Å². The van der Waals surface area contributed by atoms with Crippen LogP contribution in [0.1, 0.15) is 30.1 Å². The molecule has 0 aliphatic carbocycles. The minimum absolute atomic E-state index is 0.0397. The molecule has 2 heterocycles. The van der Waals surface area contributed by atoms with Gasteiger partial charge in [0.05, 0.1) is 13.0 Å². The van der Waals surface area contributed by atoms with E-state index >= 15 is 0 Å². The van der Waals surface area contributed by atoms with Gasteiger partial charge in [-0.15, -0.1) is 0 Å². The van der Waals surface area contributed by atoms with Crippen molar-refractivity contribution in [1.29, 1.82) is 0 Å². The lowest BCUT2D eigenvalue weighted by Gasteiger charge is -2.23. The zero-order valence-electron chi connectivity index (χ0n) is 13.2. The predicted octanol–water partition coefficient (Wildman–Crippen LogP) is 1.48. The molecule has 7 nitrogen and oxygen atoms in total. The van der Waals surface area contributed by atoms with E-state index in [-0.39, 0.29) is 11.8 Å². The zero-order valence-corrected chi connectivity index (χ0v) is 13.2. The average Bonchev–Trinajstić information content (AvgIpc) is 3.02. The molecule has 0 fully saturated rings. The molecule has 1 aliphatic heterocycles. The molecule has 0 bridgehead atoms. The summed E-state index contributed by atoms with van der Waals surface area (Å²) in [5.74, 6) is 2.75. The van der Waals surface area contributed by atoms with Crippen LogP contribution in [0.2, 0.25) is 0 Å². The number of benzene rings is 1. The van der Waals surface area contributed by atoms with E-state index in [1.807, 2.05) is 18.2 Å². The first kappa shape index (κ1) is 15.3. The van der Waals surface area contributed by atoms with E-state index in [9.17, 15) is 4.79 Å². The van der Waals surface area contributed by atoms with Crippen LogP contribution in [-0.2, 0) is 17.6 Å². The summed E-state index contributed by atoms with van der Waals surface area (Å²) in [4.78, 5) is 15.3. The van der Waals surface area contributed by atoms with E-state index in [0.717, 1.165) is 23.5 Å². The van der Waals surface area contributed by atoms with Crippen molar-refractivity contribution in [3.63, 3.8) is 0 Å². The van der Waals surface area contributed by atoms with Gasteiger partial charge in [0.2, 0.25) is 11.8 Å². The Morgan fingerprint density at radius 2 is 2.35 bits per heavy atom. The first-order chi connectivity index (χ1) is 11.2. The summed E-state index contributed by atoms with van der Waals surface area (Å²) in [5.41, 5.74) is 1.10. The summed E-state index contributed by atoms with van der Waals surface area (Å²) >= 11 is 0. The van der Waals surface area contributed by atoms with Gasteiger partial charge in [0, 0.05) is 26.0 Å². The third kappa shape index (κ3) is 3.61. The molecule has 0 saturated heterocycles. The quantitative estimate of drug-likeness (QED) is 0.899. The van der Waals surface area contributed by atoms with Gasteiger partial charge < -0.3 is 19.3 Å². The largest absolute Gasteiger partial charge is 0.497 e. The molecule has 1 aliphatic rings. The number of carbonyl (C=O) groups is 1. The number of amides is 1. The van der Waals surface area contributed by atoms with Crippen LogP contribution in [0.25, 0.3) is 0 Å². The number of rotatable bonds is 5. The number of hydrogen-bond acceptors (Lipinski definition) is 6. The lowest BCUT2D eigenvalue weighted by atomic mass is 9.96. The first-order valence-electron chi connectivity index (χ1n) is 7.52. The van der Waals surface area contributed by atoms with Crippen LogP contribution < -0.4 is 14.8 Å². The molecule has 0 radical (unpaired) electrons. The molecule has 1 amide bonds. The lowest BCUT2D eigenvalue weighted by molar-refractivity contribution is -0.118. The van der Waals surface area contributed by atoms with Gasteiger partial charge in [0.1, 0.15) is 18.1 Å². The van der Waals surface area contributed by atoms with Gasteiger partial charge in [-0.05, 0) is 18.1 Å². The van der Waals surface area contributed by atoms with Crippen molar-refractivity contribution < 1.29 is 18.8 Å². The highest BCUT2D eigenvalue weighted by molar-refractivity contribution is 5.72. The molecule has 1 aromatic heterocycles. The van der Waals surface area contributed by atoms with E-state index in [1.165, 1.54) is 6.92 Å². The van der Waals surface area contributed by atoms with Crippen molar-refractivity contribution in [2.45, 2.75) is 25.7 Å². The number of methoxy groups -OCH3 is 1.